The zero-order valence-corrected chi connectivity index (χ0v) is 11.7. The van der Waals surface area contributed by atoms with Crippen LogP contribution < -0.4 is 5.32 Å². The van der Waals surface area contributed by atoms with Crippen molar-refractivity contribution in [2.45, 2.75) is 13.5 Å². The van der Waals surface area contributed by atoms with Gasteiger partial charge in [0.2, 0.25) is 0 Å². The largest absolute Gasteiger partial charge is 0.380 e. The fourth-order valence-electron chi connectivity index (χ4n) is 1.75. The van der Waals surface area contributed by atoms with Gasteiger partial charge >= 0.3 is 0 Å². The van der Waals surface area contributed by atoms with Crippen LogP contribution in [0.3, 0.4) is 0 Å². The molecule has 0 spiro atoms. The first-order valence-electron chi connectivity index (χ1n) is 5.69. The smallest absolute Gasteiger partial charge is 0.101 e. The van der Waals surface area contributed by atoms with Crippen LogP contribution in [0.4, 0.5) is 5.69 Å². The Morgan fingerprint density at radius 1 is 1.22 bits per heavy atom. The molecular weight excluding hydrogens is 288 g/mol. The molecule has 18 heavy (non-hydrogen) atoms. The minimum atomic E-state index is 0.673. The summed E-state index contributed by atoms with van der Waals surface area (Å²) in [5.41, 5.74) is 3.96. The maximum atomic E-state index is 9.00. The average Bonchev–Trinajstić information content (AvgIpc) is 2.40. The summed E-state index contributed by atoms with van der Waals surface area (Å²) in [5.74, 6) is 0. The van der Waals surface area contributed by atoms with E-state index in [0.29, 0.717) is 12.1 Å². The zero-order valence-electron chi connectivity index (χ0n) is 10.1. The number of nitrogens with zero attached hydrogens (tertiary/aromatic N) is 1. The fraction of sp³-hybridized carbons (Fsp3) is 0.133. The topological polar surface area (TPSA) is 35.8 Å². The molecular formula is C15H13BrN2. The minimum absolute atomic E-state index is 0.673. The number of hydrogen-bond donors (Lipinski definition) is 1. The first-order chi connectivity index (χ1) is 8.70. The lowest BCUT2D eigenvalue weighted by Crippen LogP contribution is -2.01. The third kappa shape index (κ3) is 2.91. The summed E-state index contributed by atoms with van der Waals surface area (Å²) < 4.78 is 1.11. The van der Waals surface area contributed by atoms with E-state index in [0.717, 1.165) is 10.2 Å². The molecule has 1 N–H and O–H groups in total. The molecule has 0 saturated heterocycles. The highest BCUT2D eigenvalue weighted by atomic mass is 79.9. The van der Waals surface area contributed by atoms with Gasteiger partial charge in [-0.2, -0.15) is 5.26 Å². The summed E-state index contributed by atoms with van der Waals surface area (Å²) in [6.45, 7) is 2.78. The van der Waals surface area contributed by atoms with E-state index in [2.05, 4.69) is 46.4 Å². The third-order valence-corrected chi connectivity index (χ3v) is 3.64. The Hall–Kier alpha value is -1.79. The molecule has 0 aliphatic carbocycles. The molecule has 0 aliphatic rings. The van der Waals surface area contributed by atoms with E-state index in [9.17, 15) is 0 Å². The molecule has 90 valence electrons. The van der Waals surface area contributed by atoms with E-state index in [1.807, 2.05) is 30.3 Å². The van der Waals surface area contributed by atoms with Gasteiger partial charge in [-0.25, -0.2) is 0 Å². The monoisotopic (exact) mass is 300 g/mol. The van der Waals surface area contributed by atoms with Crippen molar-refractivity contribution in [2.24, 2.45) is 0 Å². The number of hydrogen-bond acceptors (Lipinski definition) is 2. The zero-order chi connectivity index (χ0) is 13.0. The first-order valence-corrected chi connectivity index (χ1v) is 6.48. The van der Waals surface area contributed by atoms with Crippen molar-refractivity contribution in [3.05, 3.63) is 63.6 Å². The molecule has 2 rings (SSSR count). The molecule has 0 amide bonds. The summed E-state index contributed by atoms with van der Waals surface area (Å²) >= 11 is 3.48. The van der Waals surface area contributed by atoms with E-state index >= 15 is 0 Å². The SMILES string of the molecule is Cc1cc(CNc2ccccc2C#N)ccc1Br. The summed E-state index contributed by atoms with van der Waals surface area (Å²) in [6, 6.07) is 16.0. The van der Waals surface area contributed by atoms with Crippen molar-refractivity contribution in [1.29, 1.82) is 5.26 Å². The van der Waals surface area contributed by atoms with Crippen molar-refractivity contribution in [3.8, 4) is 6.07 Å². The summed E-state index contributed by atoms with van der Waals surface area (Å²) in [6.07, 6.45) is 0. The molecule has 2 aromatic carbocycles. The fourth-order valence-corrected chi connectivity index (χ4v) is 2.00. The Labute approximate surface area is 115 Å². The quantitative estimate of drug-likeness (QED) is 0.920. The van der Waals surface area contributed by atoms with E-state index in [4.69, 9.17) is 5.26 Å². The van der Waals surface area contributed by atoms with Gasteiger partial charge in [0.05, 0.1) is 11.3 Å². The van der Waals surface area contributed by atoms with Crippen LogP contribution in [0.2, 0.25) is 0 Å². The number of benzene rings is 2. The number of para-hydroxylation sites is 1. The number of rotatable bonds is 3. The molecule has 0 saturated carbocycles. The molecule has 2 aromatic rings. The Morgan fingerprint density at radius 3 is 2.72 bits per heavy atom. The molecule has 0 bridgehead atoms. The van der Waals surface area contributed by atoms with Gasteiger partial charge in [-0.15, -0.1) is 0 Å². The Kier molecular flexibility index (Phi) is 4.01. The predicted octanol–water partition coefficient (Wildman–Crippen LogP) is 4.24. The highest BCUT2D eigenvalue weighted by Crippen LogP contribution is 2.19. The van der Waals surface area contributed by atoms with Crippen molar-refractivity contribution in [1.82, 2.24) is 0 Å². The van der Waals surface area contributed by atoms with E-state index in [-0.39, 0.29) is 0 Å². The summed E-state index contributed by atoms with van der Waals surface area (Å²) in [7, 11) is 0. The van der Waals surface area contributed by atoms with Crippen LogP contribution in [0, 0.1) is 18.3 Å². The molecule has 0 aliphatic heterocycles. The van der Waals surface area contributed by atoms with Crippen LogP contribution in [0.25, 0.3) is 0 Å². The molecule has 0 heterocycles. The van der Waals surface area contributed by atoms with Crippen LogP contribution in [-0.2, 0) is 6.54 Å². The Bertz CT molecular complexity index is 600. The molecule has 0 fully saturated rings. The van der Waals surface area contributed by atoms with Crippen LogP contribution >= 0.6 is 15.9 Å². The molecule has 2 nitrogen and oxygen atoms in total. The summed E-state index contributed by atoms with van der Waals surface area (Å²) in [5, 5.41) is 12.3. The number of anilines is 1. The average molecular weight is 301 g/mol. The van der Waals surface area contributed by atoms with Crippen molar-refractivity contribution < 1.29 is 0 Å². The molecule has 0 unspecified atom stereocenters. The third-order valence-electron chi connectivity index (χ3n) is 2.75. The number of nitriles is 1. The lowest BCUT2D eigenvalue weighted by atomic mass is 10.1. The van der Waals surface area contributed by atoms with Crippen molar-refractivity contribution >= 4 is 21.6 Å². The minimum Gasteiger partial charge on any atom is -0.380 e. The van der Waals surface area contributed by atoms with Gasteiger partial charge in [-0.1, -0.05) is 40.2 Å². The van der Waals surface area contributed by atoms with Gasteiger partial charge < -0.3 is 5.32 Å². The molecule has 3 heteroatoms. The predicted molar refractivity (Wildman–Crippen MR) is 77.4 cm³/mol. The van der Waals surface area contributed by atoms with Crippen LogP contribution in [0.15, 0.2) is 46.9 Å². The maximum absolute atomic E-state index is 9.00. The second-order valence-corrected chi connectivity index (χ2v) is 4.95. The van der Waals surface area contributed by atoms with Gasteiger partial charge in [0.15, 0.2) is 0 Å². The second-order valence-electron chi connectivity index (χ2n) is 4.09. The van der Waals surface area contributed by atoms with E-state index < -0.39 is 0 Å². The van der Waals surface area contributed by atoms with E-state index in [1.165, 1.54) is 11.1 Å². The highest BCUT2D eigenvalue weighted by Gasteiger charge is 2.01. The van der Waals surface area contributed by atoms with Crippen LogP contribution in [0.5, 0.6) is 0 Å². The van der Waals surface area contributed by atoms with Gasteiger partial charge in [0, 0.05) is 11.0 Å². The number of aryl methyl sites for hydroxylation is 1. The molecule has 0 aromatic heterocycles. The van der Waals surface area contributed by atoms with Crippen molar-refractivity contribution in [3.63, 3.8) is 0 Å². The molecule has 0 radical (unpaired) electrons. The molecule has 0 atom stereocenters. The standard InChI is InChI=1S/C15H13BrN2/c1-11-8-12(6-7-14(11)16)10-18-15-5-3-2-4-13(15)9-17/h2-8,18H,10H2,1H3. The lowest BCUT2D eigenvalue weighted by Gasteiger charge is -2.09. The summed E-state index contributed by atoms with van der Waals surface area (Å²) in [4.78, 5) is 0. The van der Waals surface area contributed by atoms with E-state index in [1.54, 1.807) is 0 Å². The number of nitrogens with one attached hydrogen (secondary N) is 1. The van der Waals surface area contributed by atoms with Gasteiger partial charge in [-0.05, 0) is 36.2 Å². The second kappa shape index (κ2) is 5.70. The first kappa shape index (κ1) is 12.7. The van der Waals surface area contributed by atoms with Crippen LogP contribution in [-0.4, -0.2) is 0 Å². The Balaban J connectivity index is 2.12. The lowest BCUT2D eigenvalue weighted by molar-refractivity contribution is 1.13. The van der Waals surface area contributed by atoms with Gasteiger partial charge in [0.1, 0.15) is 6.07 Å². The number of halogens is 1. The normalized spacial score (nSPS) is 9.83. The van der Waals surface area contributed by atoms with Crippen molar-refractivity contribution in [2.75, 3.05) is 5.32 Å². The van der Waals surface area contributed by atoms with Gasteiger partial charge in [-0.3, -0.25) is 0 Å². The Morgan fingerprint density at radius 2 is 2.00 bits per heavy atom. The highest BCUT2D eigenvalue weighted by molar-refractivity contribution is 9.10. The van der Waals surface area contributed by atoms with Crippen LogP contribution in [0.1, 0.15) is 16.7 Å². The maximum Gasteiger partial charge on any atom is 0.101 e. The van der Waals surface area contributed by atoms with Gasteiger partial charge in [0.25, 0.3) is 0 Å².